The molecule has 0 fully saturated rings. The lowest BCUT2D eigenvalue weighted by Crippen LogP contribution is -2.13. The number of rotatable bonds is 3. The van der Waals surface area contributed by atoms with Crippen molar-refractivity contribution in [2.45, 2.75) is 32.6 Å². The Bertz CT molecular complexity index is 1040. The standard InChI is InChI=1S/C17H15N3O2S.C2H6/c1-11-6-7-15(17-16(11)12(2)10-19-17)20-23(21,22)14-5-3-4-13(8-14)9-18;1-2/h3-8,10,19-20H,1-2H3;1-2H3. The van der Waals surface area contributed by atoms with Gasteiger partial charge in [-0.15, -0.1) is 0 Å². The summed E-state index contributed by atoms with van der Waals surface area (Å²) in [5, 5.41) is 9.93. The molecule has 2 aromatic carbocycles. The minimum atomic E-state index is -3.76. The molecule has 0 amide bonds. The average molecular weight is 355 g/mol. The molecule has 0 unspecified atom stereocenters. The van der Waals surface area contributed by atoms with Gasteiger partial charge in [0.05, 0.1) is 27.7 Å². The Morgan fingerprint density at radius 2 is 1.80 bits per heavy atom. The first kappa shape index (κ1) is 18.6. The molecule has 1 aromatic heterocycles. The van der Waals surface area contributed by atoms with Crippen LogP contribution in [0.5, 0.6) is 0 Å². The molecule has 1 heterocycles. The van der Waals surface area contributed by atoms with Crippen molar-refractivity contribution in [2.75, 3.05) is 4.72 Å². The fourth-order valence-corrected chi connectivity index (χ4v) is 3.76. The van der Waals surface area contributed by atoms with E-state index < -0.39 is 10.0 Å². The first-order chi connectivity index (χ1) is 11.9. The number of anilines is 1. The number of H-pyrrole nitrogens is 1. The van der Waals surface area contributed by atoms with E-state index in [4.69, 9.17) is 5.26 Å². The summed E-state index contributed by atoms with van der Waals surface area (Å²) in [6, 6.07) is 11.5. The summed E-state index contributed by atoms with van der Waals surface area (Å²) in [6.45, 7) is 7.96. The van der Waals surface area contributed by atoms with E-state index in [1.54, 1.807) is 18.2 Å². The number of sulfonamides is 1. The van der Waals surface area contributed by atoms with Crippen LogP contribution in [-0.4, -0.2) is 13.4 Å². The molecule has 25 heavy (non-hydrogen) atoms. The lowest BCUT2D eigenvalue weighted by Gasteiger charge is -2.10. The topological polar surface area (TPSA) is 85.8 Å². The number of nitriles is 1. The van der Waals surface area contributed by atoms with Crippen LogP contribution in [0.2, 0.25) is 0 Å². The Morgan fingerprint density at radius 3 is 2.48 bits per heavy atom. The van der Waals surface area contributed by atoms with Gasteiger partial charge < -0.3 is 4.98 Å². The van der Waals surface area contributed by atoms with Gasteiger partial charge in [0.1, 0.15) is 0 Å². The number of nitrogens with one attached hydrogen (secondary N) is 2. The summed E-state index contributed by atoms with van der Waals surface area (Å²) in [7, 11) is -3.76. The predicted molar refractivity (Wildman–Crippen MR) is 101 cm³/mol. The number of hydrogen-bond donors (Lipinski definition) is 2. The van der Waals surface area contributed by atoms with Crippen molar-refractivity contribution in [2.24, 2.45) is 0 Å². The third kappa shape index (κ3) is 3.67. The van der Waals surface area contributed by atoms with Crippen LogP contribution in [0.1, 0.15) is 30.5 Å². The maximum absolute atomic E-state index is 12.6. The second-order valence-electron chi connectivity index (χ2n) is 5.40. The molecule has 0 saturated heterocycles. The maximum atomic E-state index is 12.6. The predicted octanol–water partition coefficient (Wildman–Crippen LogP) is 4.48. The Kier molecular flexibility index (Phi) is 5.50. The van der Waals surface area contributed by atoms with Gasteiger partial charge in [0, 0.05) is 11.6 Å². The molecule has 130 valence electrons. The molecule has 0 saturated carbocycles. The number of aromatic amines is 1. The first-order valence-electron chi connectivity index (χ1n) is 8.02. The number of aryl methyl sites for hydroxylation is 2. The Balaban J connectivity index is 0.00000109. The number of aromatic nitrogens is 1. The van der Waals surface area contributed by atoms with Crippen LogP contribution in [0.4, 0.5) is 5.69 Å². The lowest BCUT2D eigenvalue weighted by molar-refractivity contribution is 0.601. The molecular formula is C19H21N3O2S. The second-order valence-corrected chi connectivity index (χ2v) is 7.08. The van der Waals surface area contributed by atoms with Crippen molar-refractivity contribution >= 4 is 26.6 Å². The Morgan fingerprint density at radius 1 is 1.08 bits per heavy atom. The van der Waals surface area contributed by atoms with Gasteiger partial charge in [-0.3, -0.25) is 4.72 Å². The van der Waals surface area contributed by atoms with E-state index in [0.717, 1.165) is 22.0 Å². The van der Waals surface area contributed by atoms with Crippen LogP contribution >= 0.6 is 0 Å². The summed E-state index contributed by atoms with van der Waals surface area (Å²) >= 11 is 0. The van der Waals surface area contributed by atoms with E-state index >= 15 is 0 Å². The molecule has 0 atom stereocenters. The SMILES string of the molecule is CC.Cc1ccc(NS(=O)(=O)c2cccc(C#N)c2)c2[nH]cc(C)c12. The highest BCUT2D eigenvalue weighted by Gasteiger charge is 2.17. The largest absolute Gasteiger partial charge is 0.359 e. The summed E-state index contributed by atoms with van der Waals surface area (Å²) in [6.07, 6.45) is 1.85. The third-order valence-corrected chi connectivity index (χ3v) is 5.12. The van der Waals surface area contributed by atoms with Crippen LogP contribution in [-0.2, 0) is 10.0 Å². The zero-order chi connectivity index (χ0) is 18.6. The van der Waals surface area contributed by atoms with E-state index in [-0.39, 0.29) is 4.90 Å². The minimum absolute atomic E-state index is 0.0635. The van der Waals surface area contributed by atoms with Crippen LogP contribution in [0.15, 0.2) is 47.5 Å². The molecule has 2 N–H and O–H groups in total. The van der Waals surface area contributed by atoms with Gasteiger partial charge in [-0.05, 0) is 49.2 Å². The molecule has 0 aliphatic heterocycles. The third-order valence-electron chi connectivity index (χ3n) is 3.76. The number of fused-ring (bicyclic) bond motifs is 1. The van der Waals surface area contributed by atoms with E-state index in [2.05, 4.69) is 9.71 Å². The monoisotopic (exact) mass is 355 g/mol. The molecule has 0 spiro atoms. The van der Waals surface area contributed by atoms with Crippen LogP contribution < -0.4 is 4.72 Å². The number of nitrogens with zero attached hydrogens (tertiary/aromatic N) is 1. The van der Waals surface area contributed by atoms with Crippen LogP contribution in [0.25, 0.3) is 10.9 Å². The van der Waals surface area contributed by atoms with E-state index in [0.29, 0.717) is 11.3 Å². The van der Waals surface area contributed by atoms with Gasteiger partial charge >= 0.3 is 0 Å². The van der Waals surface area contributed by atoms with Gasteiger partial charge in [-0.1, -0.05) is 26.0 Å². The van der Waals surface area contributed by atoms with Crippen molar-refractivity contribution in [3.05, 3.63) is 59.3 Å². The molecule has 3 aromatic rings. The molecule has 0 radical (unpaired) electrons. The maximum Gasteiger partial charge on any atom is 0.262 e. The molecule has 6 heteroatoms. The van der Waals surface area contributed by atoms with Crippen molar-refractivity contribution in [3.8, 4) is 6.07 Å². The van der Waals surface area contributed by atoms with Crippen molar-refractivity contribution < 1.29 is 8.42 Å². The highest BCUT2D eigenvalue weighted by molar-refractivity contribution is 7.92. The van der Waals surface area contributed by atoms with Crippen LogP contribution in [0.3, 0.4) is 0 Å². The zero-order valence-corrected chi connectivity index (χ0v) is 15.5. The number of hydrogen-bond acceptors (Lipinski definition) is 3. The van der Waals surface area contributed by atoms with E-state index in [9.17, 15) is 8.42 Å². The second kappa shape index (κ2) is 7.41. The zero-order valence-electron chi connectivity index (χ0n) is 14.7. The fourth-order valence-electron chi connectivity index (χ4n) is 2.64. The van der Waals surface area contributed by atoms with Crippen molar-refractivity contribution in [1.82, 2.24) is 4.98 Å². The smallest absolute Gasteiger partial charge is 0.262 e. The first-order valence-corrected chi connectivity index (χ1v) is 9.51. The molecule has 0 bridgehead atoms. The highest BCUT2D eigenvalue weighted by atomic mass is 32.2. The molecule has 5 nitrogen and oxygen atoms in total. The summed E-state index contributed by atoms with van der Waals surface area (Å²) < 4.78 is 27.7. The highest BCUT2D eigenvalue weighted by Crippen LogP contribution is 2.29. The van der Waals surface area contributed by atoms with E-state index in [1.165, 1.54) is 12.1 Å². The van der Waals surface area contributed by atoms with Gasteiger partial charge in [-0.2, -0.15) is 5.26 Å². The van der Waals surface area contributed by atoms with Crippen LogP contribution in [0, 0.1) is 25.2 Å². The quantitative estimate of drug-likeness (QED) is 0.726. The van der Waals surface area contributed by atoms with Gasteiger partial charge in [0.2, 0.25) is 0 Å². The lowest BCUT2D eigenvalue weighted by atomic mass is 10.1. The number of benzene rings is 2. The molecular weight excluding hydrogens is 334 g/mol. The van der Waals surface area contributed by atoms with Crippen molar-refractivity contribution in [3.63, 3.8) is 0 Å². The van der Waals surface area contributed by atoms with Gasteiger partial charge in [0.25, 0.3) is 10.0 Å². The average Bonchev–Trinajstić information content (AvgIpc) is 3.02. The Labute approximate surface area is 148 Å². The molecule has 3 rings (SSSR count). The summed E-state index contributed by atoms with van der Waals surface area (Å²) in [4.78, 5) is 3.18. The molecule has 0 aliphatic carbocycles. The fraction of sp³-hybridized carbons (Fsp3) is 0.211. The molecule has 0 aliphatic rings. The normalized spacial score (nSPS) is 10.7. The minimum Gasteiger partial charge on any atom is -0.359 e. The van der Waals surface area contributed by atoms with Crippen molar-refractivity contribution in [1.29, 1.82) is 5.26 Å². The van der Waals surface area contributed by atoms with Gasteiger partial charge in [-0.25, -0.2) is 8.42 Å². The Hall–Kier alpha value is -2.78. The van der Waals surface area contributed by atoms with E-state index in [1.807, 2.05) is 46.0 Å². The summed E-state index contributed by atoms with van der Waals surface area (Å²) in [5.74, 6) is 0. The van der Waals surface area contributed by atoms with Gasteiger partial charge in [0.15, 0.2) is 0 Å². The summed E-state index contributed by atoms with van der Waals surface area (Å²) in [5.41, 5.74) is 3.68.